The first kappa shape index (κ1) is 16.7. The van der Waals surface area contributed by atoms with E-state index in [9.17, 15) is 9.59 Å². The summed E-state index contributed by atoms with van der Waals surface area (Å²) in [6, 6.07) is 3.32. The van der Waals surface area contributed by atoms with Crippen LogP contribution in [0.3, 0.4) is 0 Å². The topological polar surface area (TPSA) is 68.3 Å². The number of rotatable bonds is 5. The first-order valence-electron chi connectivity index (χ1n) is 6.25. The standard InChI is InChI=1S/C14H12Cl2N2O3S/c1-8-10(15)5-11(16)14(17-8)18-12(19)6-21-13(20)4-9-2-3-22-7-9/h2-3,5,7H,4,6H2,1H3,(H,17,18,19). The minimum atomic E-state index is -0.519. The van der Waals surface area contributed by atoms with Crippen LogP contribution < -0.4 is 5.32 Å². The number of nitrogens with zero attached hydrogens (tertiary/aromatic N) is 1. The van der Waals surface area contributed by atoms with Gasteiger partial charge in [-0.25, -0.2) is 4.98 Å². The Morgan fingerprint density at radius 3 is 2.82 bits per heavy atom. The minimum Gasteiger partial charge on any atom is -0.455 e. The van der Waals surface area contributed by atoms with Crippen molar-refractivity contribution in [2.45, 2.75) is 13.3 Å². The fourth-order valence-electron chi connectivity index (χ4n) is 1.57. The van der Waals surface area contributed by atoms with Gasteiger partial charge in [0.2, 0.25) is 0 Å². The van der Waals surface area contributed by atoms with Crippen molar-refractivity contribution in [3.05, 3.63) is 44.2 Å². The summed E-state index contributed by atoms with van der Waals surface area (Å²) in [5.41, 5.74) is 1.39. The van der Waals surface area contributed by atoms with Gasteiger partial charge in [-0.2, -0.15) is 11.3 Å². The first-order valence-corrected chi connectivity index (χ1v) is 7.95. The fraction of sp³-hybridized carbons (Fsp3) is 0.214. The summed E-state index contributed by atoms with van der Waals surface area (Å²) in [6.07, 6.45) is 0.135. The Morgan fingerprint density at radius 1 is 1.36 bits per heavy atom. The lowest BCUT2D eigenvalue weighted by molar-refractivity contribution is -0.146. The Bertz CT molecular complexity index is 690. The van der Waals surface area contributed by atoms with E-state index in [-0.39, 0.29) is 17.3 Å². The Kier molecular flexibility index (Phi) is 5.76. The molecular formula is C14H12Cl2N2O3S. The van der Waals surface area contributed by atoms with Crippen LogP contribution in [0.2, 0.25) is 10.0 Å². The van der Waals surface area contributed by atoms with Gasteiger partial charge in [0.25, 0.3) is 5.91 Å². The molecule has 0 saturated carbocycles. The number of nitrogens with one attached hydrogen (secondary N) is 1. The number of thiophene rings is 1. The van der Waals surface area contributed by atoms with E-state index in [1.54, 1.807) is 6.92 Å². The van der Waals surface area contributed by atoms with Crippen molar-refractivity contribution >= 4 is 52.2 Å². The van der Waals surface area contributed by atoms with Crippen LogP contribution in [-0.2, 0) is 20.7 Å². The number of carbonyl (C=O) groups is 2. The van der Waals surface area contributed by atoms with Crippen LogP contribution in [0.25, 0.3) is 0 Å². The second-order valence-corrected chi connectivity index (χ2v) is 6.00. The van der Waals surface area contributed by atoms with Gasteiger partial charge in [-0.05, 0) is 35.4 Å². The van der Waals surface area contributed by atoms with Crippen LogP contribution in [0.15, 0.2) is 22.9 Å². The number of hydrogen-bond donors (Lipinski definition) is 1. The maximum Gasteiger partial charge on any atom is 0.310 e. The van der Waals surface area contributed by atoms with Crippen molar-refractivity contribution in [3.8, 4) is 0 Å². The molecule has 0 unspecified atom stereocenters. The number of aromatic nitrogens is 1. The highest BCUT2D eigenvalue weighted by molar-refractivity contribution is 7.08. The molecule has 0 radical (unpaired) electrons. The molecule has 1 N–H and O–H groups in total. The number of esters is 1. The quantitative estimate of drug-likeness (QED) is 0.830. The molecule has 2 heterocycles. The summed E-state index contributed by atoms with van der Waals surface area (Å²) in [5.74, 6) is -0.808. The van der Waals surface area contributed by atoms with Crippen molar-refractivity contribution in [1.82, 2.24) is 4.98 Å². The van der Waals surface area contributed by atoms with Crippen molar-refractivity contribution in [2.75, 3.05) is 11.9 Å². The number of halogens is 2. The van der Waals surface area contributed by atoms with Crippen molar-refractivity contribution in [3.63, 3.8) is 0 Å². The molecule has 0 spiro atoms. The number of hydrogen-bond acceptors (Lipinski definition) is 5. The van der Waals surface area contributed by atoms with E-state index >= 15 is 0 Å². The molecule has 0 atom stereocenters. The molecule has 0 aliphatic rings. The largest absolute Gasteiger partial charge is 0.455 e. The average Bonchev–Trinajstić information content (AvgIpc) is 2.95. The predicted molar refractivity (Wildman–Crippen MR) is 86.6 cm³/mol. The third kappa shape index (κ3) is 4.69. The Labute approximate surface area is 141 Å². The Balaban J connectivity index is 1.85. The average molecular weight is 359 g/mol. The summed E-state index contributed by atoms with van der Waals surface area (Å²) in [4.78, 5) is 27.4. The zero-order valence-corrected chi connectivity index (χ0v) is 13.9. The van der Waals surface area contributed by atoms with Gasteiger partial charge in [0.05, 0.1) is 22.2 Å². The summed E-state index contributed by atoms with van der Waals surface area (Å²) >= 11 is 13.3. The van der Waals surface area contributed by atoms with E-state index in [1.807, 2.05) is 16.8 Å². The van der Waals surface area contributed by atoms with Crippen LogP contribution in [0.1, 0.15) is 11.3 Å². The monoisotopic (exact) mass is 358 g/mol. The number of pyridine rings is 1. The van der Waals surface area contributed by atoms with Crippen LogP contribution in [0.4, 0.5) is 5.82 Å². The van der Waals surface area contributed by atoms with Gasteiger partial charge < -0.3 is 10.1 Å². The number of amides is 1. The van der Waals surface area contributed by atoms with Crippen LogP contribution >= 0.6 is 34.5 Å². The molecule has 5 nitrogen and oxygen atoms in total. The second kappa shape index (κ2) is 7.58. The highest BCUT2D eigenvalue weighted by Gasteiger charge is 2.12. The summed E-state index contributed by atoms with van der Waals surface area (Å²) < 4.78 is 4.90. The highest BCUT2D eigenvalue weighted by Crippen LogP contribution is 2.25. The highest BCUT2D eigenvalue weighted by atomic mass is 35.5. The number of carbonyl (C=O) groups excluding carboxylic acids is 2. The third-order valence-corrected chi connectivity index (χ3v) is 4.06. The smallest absolute Gasteiger partial charge is 0.310 e. The molecule has 2 aromatic heterocycles. The van der Waals surface area contributed by atoms with Gasteiger partial charge in [0.15, 0.2) is 12.4 Å². The number of ether oxygens (including phenoxy) is 1. The zero-order chi connectivity index (χ0) is 16.1. The van der Waals surface area contributed by atoms with Crippen molar-refractivity contribution in [1.29, 1.82) is 0 Å². The SMILES string of the molecule is Cc1nc(NC(=O)COC(=O)Cc2ccsc2)c(Cl)cc1Cl. The maximum atomic E-state index is 11.7. The lowest BCUT2D eigenvalue weighted by Gasteiger charge is -2.08. The minimum absolute atomic E-state index is 0.135. The molecule has 116 valence electrons. The van der Waals surface area contributed by atoms with Crippen LogP contribution in [0.5, 0.6) is 0 Å². The summed E-state index contributed by atoms with van der Waals surface area (Å²) in [5, 5.41) is 6.82. The number of anilines is 1. The second-order valence-electron chi connectivity index (χ2n) is 4.40. The van der Waals surface area contributed by atoms with Gasteiger partial charge in [-0.1, -0.05) is 23.2 Å². The molecule has 0 fully saturated rings. The first-order chi connectivity index (χ1) is 10.5. The fourth-order valence-corrected chi connectivity index (χ4v) is 2.65. The number of aryl methyl sites for hydroxylation is 1. The summed E-state index contributed by atoms with van der Waals surface area (Å²) in [7, 11) is 0. The molecule has 0 aliphatic carbocycles. The molecule has 1 amide bonds. The lowest BCUT2D eigenvalue weighted by atomic mass is 10.2. The van der Waals surface area contributed by atoms with E-state index < -0.39 is 18.5 Å². The van der Waals surface area contributed by atoms with E-state index in [2.05, 4.69) is 10.3 Å². The van der Waals surface area contributed by atoms with Crippen molar-refractivity contribution in [2.24, 2.45) is 0 Å². The van der Waals surface area contributed by atoms with E-state index in [0.717, 1.165) is 5.56 Å². The maximum absolute atomic E-state index is 11.7. The Morgan fingerprint density at radius 2 is 2.14 bits per heavy atom. The van der Waals surface area contributed by atoms with E-state index in [1.165, 1.54) is 17.4 Å². The predicted octanol–water partition coefficient (Wildman–Crippen LogP) is 3.48. The normalized spacial score (nSPS) is 10.3. The molecule has 2 aromatic rings. The van der Waals surface area contributed by atoms with Gasteiger partial charge >= 0.3 is 5.97 Å². The van der Waals surface area contributed by atoms with Crippen LogP contribution in [-0.4, -0.2) is 23.5 Å². The molecular weight excluding hydrogens is 347 g/mol. The van der Waals surface area contributed by atoms with E-state index in [4.69, 9.17) is 27.9 Å². The van der Waals surface area contributed by atoms with E-state index in [0.29, 0.717) is 10.7 Å². The molecule has 2 rings (SSSR count). The molecule has 0 saturated heterocycles. The third-order valence-electron chi connectivity index (χ3n) is 2.66. The van der Waals surface area contributed by atoms with Crippen molar-refractivity contribution < 1.29 is 14.3 Å². The molecule has 8 heteroatoms. The summed E-state index contributed by atoms with van der Waals surface area (Å²) in [6.45, 7) is 1.29. The lowest BCUT2D eigenvalue weighted by Crippen LogP contribution is -2.22. The van der Waals surface area contributed by atoms with Gasteiger partial charge in [-0.15, -0.1) is 0 Å². The Hall–Kier alpha value is -1.63. The van der Waals surface area contributed by atoms with Gasteiger partial charge in [0, 0.05) is 0 Å². The zero-order valence-electron chi connectivity index (χ0n) is 11.6. The van der Waals surface area contributed by atoms with Gasteiger partial charge in [0.1, 0.15) is 0 Å². The molecule has 0 aliphatic heterocycles. The van der Waals surface area contributed by atoms with Gasteiger partial charge in [-0.3, -0.25) is 9.59 Å². The van der Waals surface area contributed by atoms with Crippen LogP contribution in [0, 0.1) is 6.92 Å². The molecule has 0 bridgehead atoms. The molecule has 0 aromatic carbocycles. The molecule has 22 heavy (non-hydrogen) atoms.